The monoisotopic (exact) mass is 457 g/mol. The fraction of sp³-hybridized carbons (Fsp3) is 0.208. The zero-order valence-electron chi connectivity index (χ0n) is 17.6. The summed E-state index contributed by atoms with van der Waals surface area (Å²) in [5.74, 6) is 0.182. The summed E-state index contributed by atoms with van der Waals surface area (Å²) >= 11 is 6.38. The van der Waals surface area contributed by atoms with E-state index in [0.29, 0.717) is 12.2 Å². The summed E-state index contributed by atoms with van der Waals surface area (Å²) in [6.45, 7) is 6.08. The Kier molecular flexibility index (Phi) is 7.36. The van der Waals surface area contributed by atoms with E-state index >= 15 is 0 Å². The molecule has 3 aromatic carbocycles. The van der Waals surface area contributed by atoms with Crippen LogP contribution in [0.3, 0.4) is 0 Å². The molecule has 7 heteroatoms. The summed E-state index contributed by atoms with van der Waals surface area (Å²) in [5.41, 5.74) is 3.64. The Balaban J connectivity index is 1.91. The van der Waals surface area contributed by atoms with Gasteiger partial charge in [0.05, 0.1) is 17.3 Å². The van der Waals surface area contributed by atoms with Gasteiger partial charge < -0.3 is 8.92 Å². The van der Waals surface area contributed by atoms with Gasteiger partial charge in [-0.05, 0) is 67.8 Å². The lowest BCUT2D eigenvalue weighted by molar-refractivity contribution is 0.327. The van der Waals surface area contributed by atoms with Crippen molar-refractivity contribution in [2.45, 2.75) is 32.1 Å². The van der Waals surface area contributed by atoms with Crippen LogP contribution in [-0.2, 0) is 16.5 Å². The number of ether oxygens (including phenoxy) is 1. The number of hydrogen-bond acceptors (Lipinski definition) is 5. The normalized spacial score (nSPS) is 11.6. The molecule has 0 aliphatic carbocycles. The molecule has 0 spiro atoms. The van der Waals surface area contributed by atoms with Crippen molar-refractivity contribution in [3.63, 3.8) is 0 Å². The lowest BCUT2D eigenvalue weighted by Crippen LogP contribution is -2.11. The molecule has 0 heterocycles. The van der Waals surface area contributed by atoms with Crippen LogP contribution in [0.1, 0.15) is 30.5 Å². The van der Waals surface area contributed by atoms with Crippen LogP contribution in [0, 0.1) is 6.92 Å². The van der Waals surface area contributed by atoms with E-state index in [1.807, 2.05) is 31.2 Å². The summed E-state index contributed by atoms with van der Waals surface area (Å²) in [4.78, 5) is 4.50. The molecule has 0 aliphatic heterocycles. The van der Waals surface area contributed by atoms with Gasteiger partial charge in [-0.2, -0.15) is 8.42 Å². The topological polar surface area (TPSA) is 65.0 Å². The summed E-state index contributed by atoms with van der Waals surface area (Å²) in [6.07, 6.45) is 2.61. The molecule has 0 bridgehead atoms. The van der Waals surface area contributed by atoms with Crippen LogP contribution in [-0.4, -0.2) is 21.2 Å². The quantitative estimate of drug-likeness (QED) is 0.301. The lowest BCUT2D eigenvalue weighted by atomic mass is 10.1. The van der Waals surface area contributed by atoms with Gasteiger partial charge in [0.1, 0.15) is 4.90 Å². The third kappa shape index (κ3) is 5.87. The van der Waals surface area contributed by atoms with Gasteiger partial charge in [0.25, 0.3) is 0 Å². The van der Waals surface area contributed by atoms with Gasteiger partial charge in [-0.15, -0.1) is 0 Å². The standard InChI is InChI=1S/C24H24ClNO4S/c1-4-18-8-10-20(11-9-18)26-16-19-14-22(25)24(23(15-19)29-5-2)30-31(27,28)21-12-6-17(3)7-13-21/h6-16H,4-5H2,1-3H3. The smallest absolute Gasteiger partial charge is 0.339 e. The molecule has 0 aromatic heterocycles. The Bertz CT molecular complexity index is 1170. The molecule has 3 rings (SSSR count). The number of rotatable bonds is 8. The molecular formula is C24H24ClNO4S. The Morgan fingerprint density at radius 3 is 2.29 bits per heavy atom. The second-order valence-corrected chi connectivity index (χ2v) is 8.85. The van der Waals surface area contributed by atoms with E-state index in [9.17, 15) is 8.42 Å². The van der Waals surface area contributed by atoms with Crippen molar-refractivity contribution >= 4 is 33.6 Å². The fourth-order valence-electron chi connectivity index (χ4n) is 2.84. The molecule has 162 valence electrons. The van der Waals surface area contributed by atoms with Gasteiger partial charge in [0.15, 0.2) is 5.75 Å². The van der Waals surface area contributed by atoms with E-state index in [-0.39, 0.29) is 21.4 Å². The first-order chi connectivity index (χ1) is 14.8. The Hall–Kier alpha value is -2.83. The van der Waals surface area contributed by atoms with E-state index in [2.05, 4.69) is 11.9 Å². The molecule has 0 unspecified atom stereocenters. The highest BCUT2D eigenvalue weighted by atomic mass is 35.5. The molecular weight excluding hydrogens is 434 g/mol. The fourth-order valence-corrected chi connectivity index (χ4v) is 4.10. The number of aliphatic imine (C=N–C) groups is 1. The highest BCUT2D eigenvalue weighted by Crippen LogP contribution is 2.38. The zero-order valence-corrected chi connectivity index (χ0v) is 19.2. The van der Waals surface area contributed by atoms with Crippen molar-refractivity contribution in [2.24, 2.45) is 4.99 Å². The van der Waals surface area contributed by atoms with Crippen LogP contribution in [0.2, 0.25) is 5.02 Å². The second-order valence-electron chi connectivity index (χ2n) is 6.89. The predicted octanol–water partition coefficient (Wildman–Crippen LogP) is 6.13. The highest BCUT2D eigenvalue weighted by Gasteiger charge is 2.22. The number of aryl methyl sites for hydroxylation is 2. The first-order valence-corrected chi connectivity index (χ1v) is 11.7. The minimum atomic E-state index is -4.07. The molecule has 3 aromatic rings. The summed E-state index contributed by atoms with van der Waals surface area (Å²) in [6, 6.07) is 17.6. The van der Waals surface area contributed by atoms with Crippen LogP contribution < -0.4 is 8.92 Å². The van der Waals surface area contributed by atoms with Crippen LogP contribution >= 0.6 is 11.6 Å². The third-order valence-electron chi connectivity index (χ3n) is 4.54. The van der Waals surface area contributed by atoms with E-state index < -0.39 is 10.1 Å². The van der Waals surface area contributed by atoms with Crippen molar-refractivity contribution in [3.05, 3.63) is 82.4 Å². The molecule has 0 radical (unpaired) electrons. The van der Waals surface area contributed by atoms with Gasteiger partial charge in [-0.1, -0.05) is 48.4 Å². The van der Waals surface area contributed by atoms with Gasteiger partial charge in [0.2, 0.25) is 5.75 Å². The minimum Gasteiger partial charge on any atom is -0.490 e. The average Bonchev–Trinajstić information content (AvgIpc) is 2.75. The SMILES string of the molecule is CCOc1cc(C=Nc2ccc(CC)cc2)cc(Cl)c1OS(=O)(=O)c1ccc(C)cc1. The molecule has 0 fully saturated rings. The van der Waals surface area contributed by atoms with Crippen molar-refractivity contribution in [1.82, 2.24) is 0 Å². The number of halogens is 1. The van der Waals surface area contributed by atoms with Crippen molar-refractivity contribution < 1.29 is 17.3 Å². The van der Waals surface area contributed by atoms with E-state index in [4.69, 9.17) is 20.5 Å². The lowest BCUT2D eigenvalue weighted by Gasteiger charge is -2.14. The van der Waals surface area contributed by atoms with E-state index in [1.54, 1.807) is 37.4 Å². The first kappa shape index (κ1) is 22.8. The number of nitrogens with zero attached hydrogens (tertiary/aromatic N) is 1. The molecule has 5 nitrogen and oxygen atoms in total. The molecule has 0 saturated heterocycles. The Labute approximate surface area is 188 Å². The van der Waals surface area contributed by atoms with Gasteiger partial charge in [-0.25, -0.2) is 0 Å². The molecule has 0 amide bonds. The Morgan fingerprint density at radius 1 is 1.00 bits per heavy atom. The van der Waals surface area contributed by atoms with Gasteiger partial charge >= 0.3 is 10.1 Å². The largest absolute Gasteiger partial charge is 0.490 e. The van der Waals surface area contributed by atoms with Crippen LogP contribution in [0.4, 0.5) is 5.69 Å². The predicted molar refractivity (Wildman–Crippen MR) is 125 cm³/mol. The van der Waals surface area contributed by atoms with E-state index in [0.717, 1.165) is 17.7 Å². The minimum absolute atomic E-state index is 0.0396. The highest BCUT2D eigenvalue weighted by molar-refractivity contribution is 7.87. The molecule has 0 N–H and O–H groups in total. The summed E-state index contributed by atoms with van der Waals surface area (Å²) in [5, 5.41) is 0.115. The van der Waals surface area contributed by atoms with Crippen molar-refractivity contribution in [3.8, 4) is 11.5 Å². The number of benzene rings is 3. The second kappa shape index (κ2) is 9.98. The van der Waals surface area contributed by atoms with Crippen molar-refractivity contribution in [2.75, 3.05) is 6.61 Å². The van der Waals surface area contributed by atoms with Crippen LogP contribution in [0.25, 0.3) is 0 Å². The molecule has 0 aliphatic rings. The Morgan fingerprint density at radius 2 is 1.68 bits per heavy atom. The molecule has 0 atom stereocenters. The summed E-state index contributed by atoms with van der Waals surface area (Å²) in [7, 11) is -4.07. The third-order valence-corrected chi connectivity index (χ3v) is 6.06. The van der Waals surface area contributed by atoms with Crippen LogP contribution in [0.5, 0.6) is 11.5 Å². The van der Waals surface area contributed by atoms with E-state index in [1.165, 1.54) is 17.7 Å². The van der Waals surface area contributed by atoms with Gasteiger partial charge in [0, 0.05) is 6.21 Å². The average molecular weight is 458 g/mol. The maximum atomic E-state index is 12.7. The molecule has 0 saturated carbocycles. The van der Waals surface area contributed by atoms with Gasteiger partial charge in [-0.3, -0.25) is 4.99 Å². The zero-order chi connectivity index (χ0) is 22.4. The van der Waals surface area contributed by atoms with Crippen LogP contribution in [0.15, 0.2) is 70.6 Å². The summed E-state index contributed by atoms with van der Waals surface area (Å²) < 4.78 is 36.4. The maximum Gasteiger partial charge on any atom is 0.339 e. The molecule has 31 heavy (non-hydrogen) atoms. The first-order valence-electron chi connectivity index (χ1n) is 9.93. The van der Waals surface area contributed by atoms with Crippen molar-refractivity contribution in [1.29, 1.82) is 0 Å². The maximum absolute atomic E-state index is 12.7. The number of hydrogen-bond donors (Lipinski definition) is 0.